The first-order valence-electron chi connectivity index (χ1n) is 6.37. The van der Waals surface area contributed by atoms with Crippen LogP contribution in [0.1, 0.15) is 5.56 Å². The number of carbonyl (C=O) groups is 1. The van der Waals surface area contributed by atoms with Crippen molar-refractivity contribution in [3.8, 4) is 5.75 Å². The number of aromatic hydroxyl groups is 1. The molecule has 2 aromatic rings. The summed E-state index contributed by atoms with van der Waals surface area (Å²) >= 11 is 9.97. The molecule has 1 fully saturated rings. The third kappa shape index (κ3) is 3.09. The molecule has 110 valence electrons. The molecule has 0 aliphatic carbocycles. The Morgan fingerprint density at radius 3 is 2.36 bits per heavy atom. The molecule has 1 N–H and O–H groups in total. The van der Waals surface area contributed by atoms with Gasteiger partial charge in [0.2, 0.25) is 0 Å². The van der Waals surface area contributed by atoms with Crippen molar-refractivity contribution in [1.29, 1.82) is 0 Å². The minimum absolute atomic E-state index is 0.134. The first-order valence-corrected chi connectivity index (χ1v) is 8.39. The van der Waals surface area contributed by atoms with Crippen molar-refractivity contribution in [2.24, 2.45) is 0 Å². The van der Waals surface area contributed by atoms with Crippen molar-refractivity contribution in [3.05, 3.63) is 63.5 Å². The number of anilines is 1. The van der Waals surface area contributed by atoms with Gasteiger partial charge in [-0.3, -0.25) is 9.69 Å². The maximum absolute atomic E-state index is 12.6. The van der Waals surface area contributed by atoms with Gasteiger partial charge in [-0.2, -0.15) is 0 Å². The zero-order chi connectivity index (χ0) is 15.7. The molecule has 0 bridgehead atoms. The fraction of sp³-hybridized carbons (Fsp3) is 0. The average Bonchev–Trinajstić information content (AvgIpc) is 2.77. The summed E-state index contributed by atoms with van der Waals surface area (Å²) in [4.78, 5) is 14.7. The molecular formula is C16H10BrNO2S2. The maximum Gasteiger partial charge on any atom is 0.270 e. The van der Waals surface area contributed by atoms with E-state index < -0.39 is 0 Å². The van der Waals surface area contributed by atoms with E-state index in [1.54, 1.807) is 30.3 Å². The fourth-order valence-electron chi connectivity index (χ4n) is 2.00. The number of amides is 1. The van der Waals surface area contributed by atoms with Gasteiger partial charge in [-0.05, 0) is 48.0 Å². The maximum atomic E-state index is 12.6. The number of rotatable bonds is 2. The predicted octanol–water partition coefficient (Wildman–Crippen LogP) is 4.56. The molecule has 1 aliphatic heterocycles. The highest BCUT2D eigenvalue weighted by Gasteiger charge is 2.33. The van der Waals surface area contributed by atoms with Crippen LogP contribution in [0.5, 0.6) is 5.75 Å². The lowest BCUT2D eigenvalue weighted by atomic mass is 10.2. The van der Waals surface area contributed by atoms with Crippen LogP contribution in [0.4, 0.5) is 5.69 Å². The van der Waals surface area contributed by atoms with Crippen LogP contribution in [0, 0.1) is 0 Å². The molecule has 0 spiro atoms. The molecule has 1 amide bonds. The number of hydrogen-bond acceptors (Lipinski definition) is 4. The average molecular weight is 392 g/mol. The lowest BCUT2D eigenvalue weighted by Crippen LogP contribution is -2.27. The van der Waals surface area contributed by atoms with Crippen molar-refractivity contribution >= 4 is 61.9 Å². The van der Waals surface area contributed by atoms with E-state index in [0.29, 0.717) is 9.23 Å². The van der Waals surface area contributed by atoms with Crippen molar-refractivity contribution < 1.29 is 9.90 Å². The van der Waals surface area contributed by atoms with Crippen molar-refractivity contribution in [2.45, 2.75) is 0 Å². The zero-order valence-corrected chi connectivity index (χ0v) is 14.4. The van der Waals surface area contributed by atoms with Gasteiger partial charge in [-0.25, -0.2) is 0 Å². The molecule has 0 saturated carbocycles. The second-order valence-electron chi connectivity index (χ2n) is 4.59. The summed E-state index contributed by atoms with van der Waals surface area (Å²) in [6, 6.07) is 14.1. The van der Waals surface area contributed by atoms with E-state index in [9.17, 15) is 9.90 Å². The van der Waals surface area contributed by atoms with Gasteiger partial charge in [0.15, 0.2) is 4.32 Å². The van der Waals surface area contributed by atoms with Crippen molar-refractivity contribution in [3.63, 3.8) is 0 Å². The van der Waals surface area contributed by atoms with Gasteiger partial charge < -0.3 is 5.11 Å². The summed E-state index contributed by atoms with van der Waals surface area (Å²) in [5.41, 5.74) is 1.59. The van der Waals surface area contributed by atoms with Crippen LogP contribution < -0.4 is 4.90 Å². The molecule has 0 atom stereocenters. The Morgan fingerprint density at radius 2 is 1.73 bits per heavy atom. The molecule has 1 saturated heterocycles. The Kier molecular flexibility index (Phi) is 4.33. The van der Waals surface area contributed by atoms with E-state index in [1.807, 2.05) is 24.3 Å². The normalized spacial score (nSPS) is 16.6. The van der Waals surface area contributed by atoms with Gasteiger partial charge in [0, 0.05) is 4.47 Å². The summed E-state index contributed by atoms with van der Waals surface area (Å²) in [5, 5.41) is 9.30. The van der Waals surface area contributed by atoms with Crippen LogP contribution in [0.15, 0.2) is 57.9 Å². The van der Waals surface area contributed by atoms with Gasteiger partial charge in [0.05, 0.1) is 10.6 Å². The highest BCUT2D eigenvalue weighted by molar-refractivity contribution is 9.10. The smallest absolute Gasteiger partial charge is 0.270 e. The monoisotopic (exact) mass is 391 g/mol. The molecule has 6 heteroatoms. The van der Waals surface area contributed by atoms with Crippen LogP contribution in [0.2, 0.25) is 0 Å². The molecule has 3 nitrogen and oxygen atoms in total. The van der Waals surface area contributed by atoms with Gasteiger partial charge in [0.25, 0.3) is 5.91 Å². The standard InChI is InChI=1S/C16H10BrNO2S2/c17-11-3-5-12(6-4-11)18-15(20)14(22-16(18)21)9-10-1-7-13(19)8-2-10/h1-9,19H/b14-9-. The van der Waals surface area contributed by atoms with Crippen LogP contribution in [0.25, 0.3) is 6.08 Å². The van der Waals surface area contributed by atoms with Crippen molar-refractivity contribution in [1.82, 2.24) is 0 Å². The summed E-state index contributed by atoms with van der Waals surface area (Å²) in [6.45, 7) is 0. The third-order valence-corrected chi connectivity index (χ3v) is 4.90. The first kappa shape index (κ1) is 15.3. The topological polar surface area (TPSA) is 40.5 Å². The molecule has 3 rings (SSSR count). The Labute approximate surface area is 145 Å². The fourth-order valence-corrected chi connectivity index (χ4v) is 3.57. The van der Waals surface area contributed by atoms with Gasteiger partial charge >= 0.3 is 0 Å². The molecule has 0 aromatic heterocycles. The lowest BCUT2D eigenvalue weighted by molar-refractivity contribution is -0.113. The van der Waals surface area contributed by atoms with Crippen molar-refractivity contribution in [2.75, 3.05) is 4.90 Å². The summed E-state index contributed by atoms with van der Waals surface area (Å²) in [7, 11) is 0. The number of phenolic OH excluding ortho intramolecular Hbond substituents is 1. The summed E-state index contributed by atoms with van der Waals surface area (Å²) < 4.78 is 1.46. The molecule has 1 heterocycles. The van der Waals surface area contributed by atoms with E-state index in [0.717, 1.165) is 15.7 Å². The Morgan fingerprint density at radius 1 is 1.09 bits per heavy atom. The van der Waals surface area contributed by atoms with Gasteiger partial charge in [-0.1, -0.05) is 52.0 Å². The van der Waals surface area contributed by atoms with E-state index in [2.05, 4.69) is 15.9 Å². The number of thiocarbonyl (C=S) groups is 1. The highest BCUT2D eigenvalue weighted by Crippen LogP contribution is 2.36. The highest BCUT2D eigenvalue weighted by atomic mass is 79.9. The van der Waals surface area contributed by atoms with Gasteiger partial charge in [-0.15, -0.1) is 0 Å². The van der Waals surface area contributed by atoms with E-state index >= 15 is 0 Å². The molecule has 0 radical (unpaired) electrons. The van der Waals surface area contributed by atoms with Gasteiger partial charge in [0.1, 0.15) is 5.75 Å². The van der Waals surface area contributed by atoms with E-state index in [1.165, 1.54) is 16.7 Å². The predicted molar refractivity (Wildman–Crippen MR) is 97.9 cm³/mol. The number of halogens is 1. The second-order valence-corrected chi connectivity index (χ2v) is 7.18. The van der Waals surface area contributed by atoms with Crippen LogP contribution in [0.3, 0.4) is 0 Å². The largest absolute Gasteiger partial charge is 0.508 e. The number of benzene rings is 2. The third-order valence-electron chi connectivity index (χ3n) is 3.07. The molecule has 0 unspecified atom stereocenters. The molecular weight excluding hydrogens is 382 g/mol. The Balaban J connectivity index is 1.91. The van der Waals surface area contributed by atoms with Crippen LogP contribution >= 0.6 is 39.9 Å². The molecule has 1 aliphatic rings. The van der Waals surface area contributed by atoms with Crippen LogP contribution in [-0.2, 0) is 4.79 Å². The number of hydrogen-bond donors (Lipinski definition) is 1. The SMILES string of the molecule is O=C1/C(=C/c2ccc(O)cc2)SC(=S)N1c1ccc(Br)cc1. The number of thioether (sulfide) groups is 1. The lowest BCUT2D eigenvalue weighted by Gasteiger charge is -2.14. The van der Waals surface area contributed by atoms with E-state index in [4.69, 9.17) is 12.2 Å². The first-order chi connectivity index (χ1) is 10.5. The number of carbonyl (C=O) groups excluding carboxylic acids is 1. The number of phenols is 1. The zero-order valence-electron chi connectivity index (χ0n) is 11.2. The molecule has 22 heavy (non-hydrogen) atoms. The minimum atomic E-state index is -0.134. The minimum Gasteiger partial charge on any atom is -0.508 e. The Hall–Kier alpha value is -1.63. The summed E-state index contributed by atoms with van der Waals surface area (Å²) in [5.74, 6) is 0.0601. The Bertz CT molecular complexity index is 770. The second kappa shape index (κ2) is 6.24. The number of nitrogens with zero attached hydrogens (tertiary/aromatic N) is 1. The summed E-state index contributed by atoms with van der Waals surface area (Å²) in [6.07, 6.45) is 1.78. The van der Waals surface area contributed by atoms with Crippen LogP contribution in [-0.4, -0.2) is 15.3 Å². The van der Waals surface area contributed by atoms with E-state index in [-0.39, 0.29) is 11.7 Å². The quantitative estimate of drug-likeness (QED) is 0.601. The molecule has 2 aromatic carbocycles.